The van der Waals surface area contributed by atoms with Crippen molar-refractivity contribution in [2.24, 2.45) is 5.92 Å². The van der Waals surface area contributed by atoms with Crippen LogP contribution < -0.4 is 15.5 Å². The zero-order valence-corrected chi connectivity index (χ0v) is 11.6. The van der Waals surface area contributed by atoms with Crippen molar-refractivity contribution >= 4 is 11.6 Å². The fraction of sp³-hybridized carbons (Fsp3) is 0.714. The van der Waals surface area contributed by atoms with Crippen LogP contribution in [0.2, 0.25) is 0 Å². The summed E-state index contributed by atoms with van der Waals surface area (Å²) in [6.45, 7) is 3.16. The van der Waals surface area contributed by atoms with Gasteiger partial charge in [0, 0.05) is 32.7 Å². The van der Waals surface area contributed by atoms with Crippen molar-refractivity contribution in [3.05, 3.63) is 12.4 Å². The Bertz CT molecular complexity index is 412. The average molecular weight is 261 g/mol. The lowest BCUT2D eigenvalue weighted by atomic mass is 10.1. The van der Waals surface area contributed by atoms with Gasteiger partial charge in [-0.2, -0.15) is 0 Å². The molecule has 0 spiro atoms. The van der Waals surface area contributed by atoms with Crippen LogP contribution in [0.5, 0.6) is 0 Å². The molecule has 1 aromatic heterocycles. The van der Waals surface area contributed by atoms with E-state index in [-0.39, 0.29) is 0 Å². The average Bonchev–Trinajstić information content (AvgIpc) is 2.87. The highest BCUT2D eigenvalue weighted by molar-refractivity contribution is 5.48. The van der Waals surface area contributed by atoms with Gasteiger partial charge in [0.05, 0.1) is 6.04 Å². The van der Waals surface area contributed by atoms with E-state index in [1.54, 1.807) is 6.33 Å². The van der Waals surface area contributed by atoms with Crippen molar-refractivity contribution in [2.75, 3.05) is 36.9 Å². The third-order valence-electron chi connectivity index (χ3n) is 4.18. The van der Waals surface area contributed by atoms with Crippen LogP contribution in [0.3, 0.4) is 0 Å². The van der Waals surface area contributed by atoms with E-state index < -0.39 is 0 Å². The molecule has 104 valence electrons. The van der Waals surface area contributed by atoms with Gasteiger partial charge in [-0.15, -0.1) is 0 Å². The number of anilines is 2. The molecule has 5 nitrogen and oxygen atoms in total. The summed E-state index contributed by atoms with van der Waals surface area (Å²) in [7, 11) is 2.13. The first-order valence-electron chi connectivity index (χ1n) is 7.32. The van der Waals surface area contributed by atoms with Gasteiger partial charge in [0.1, 0.15) is 18.0 Å². The largest absolute Gasteiger partial charge is 0.365 e. The third-order valence-corrected chi connectivity index (χ3v) is 4.18. The topological polar surface area (TPSA) is 53.1 Å². The van der Waals surface area contributed by atoms with Gasteiger partial charge in [-0.1, -0.05) is 12.8 Å². The Kier molecular flexibility index (Phi) is 3.82. The molecule has 0 aromatic carbocycles. The maximum absolute atomic E-state index is 4.39. The lowest BCUT2D eigenvalue weighted by Crippen LogP contribution is -2.51. The molecule has 19 heavy (non-hydrogen) atoms. The molecule has 0 amide bonds. The van der Waals surface area contributed by atoms with Gasteiger partial charge < -0.3 is 15.5 Å². The zero-order valence-electron chi connectivity index (χ0n) is 11.6. The SMILES string of the molecule is CN(CC1CCCC1)c1cc(NC2CNC2)ncn1. The highest BCUT2D eigenvalue weighted by Crippen LogP contribution is 2.26. The summed E-state index contributed by atoms with van der Waals surface area (Å²) < 4.78 is 0. The number of hydrogen-bond donors (Lipinski definition) is 2. The van der Waals surface area contributed by atoms with Gasteiger partial charge in [-0.25, -0.2) is 9.97 Å². The van der Waals surface area contributed by atoms with Gasteiger partial charge >= 0.3 is 0 Å². The molecule has 0 atom stereocenters. The summed E-state index contributed by atoms with van der Waals surface area (Å²) in [6.07, 6.45) is 7.19. The Morgan fingerprint density at radius 1 is 1.32 bits per heavy atom. The van der Waals surface area contributed by atoms with E-state index in [0.29, 0.717) is 6.04 Å². The summed E-state index contributed by atoms with van der Waals surface area (Å²) in [5.74, 6) is 2.80. The predicted molar refractivity (Wildman–Crippen MR) is 77.5 cm³/mol. The fourth-order valence-electron chi connectivity index (χ4n) is 2.91. The van der Waals surface area contributed by atoms with Crippen molar-refractivity contribution in [3.63, 3.8) is 0 Å². The van der Waals surface area contributed by atoms with E-state index in [1.807, 2.05) is 0 Å². The van der Waals surface area contributed by atoms with Crippen LogP contribution in [-0.2, 0) is 0 Å². The summed E-state index contributed by atoms with van der Waals surface area (Å²) in [6, 6.07) is 2.58. The molecule has 2 N–H and O–H groups in total. The van der Waals surface area contributed by atoms with Crippen LogP contribution in [0, 0.1) is 5.92 Å². The molecule has 2 aliphatic rings. The molecule has 1 aromatic rings. The normalized spacial score (nSPS) is 20.3. The predicted octanol–water partition coefficient (Wildman–Crippen LogP) is 1.49. The van der Waals surface area contributed by atoms with Gasteiger partial charge in [-0.05, 0) is 18.8 Å². The Labute approximate surface area is 114 Å². The molecule has 3 rings (SSSR count). The Morgan fingerprint density at radius 2 is 2.11 bits per heavy atom. The minimum atomic E-state index is 0.517. The van der Waals surface area contributed by atoms with E-state index in [9.17, 15) is 0 Å². The van der Waals surface area contributed by atoms with Crippen LogP contribution in [0.15, 0.2) is 12.4 Å². The lowest BCUT2D eigenvalue weighted by Gasteiger charge is -2.29. The first-order chi connectivity index (χ1) is 9.31. The van der Waals surface area contributed by atoms with Crippen molar-refractivity contribution in [1.29, 1.82) is 0 Å². The van der Waals surface area contributed by atoms with Gasteiger partial charge in [0.25, 0.3) is 0 Å². The van der Waals surface area contributed by atoms with Crippen LogP contribution in [0.1, 0.15) is 25.7 Å². The lowest BCUT2D eigenvalue weighted by molar-refractivity contribution is 0.471. The highest BCUT2D eigenvalue weighted by atomic mass is 15.2. The number of hydrogen-bond acceptors (Lipinski definition) is 5. The van der Waals surface area contributed by atoms with Crippen LogP contribution in [0.4, 0.5) is 11.6 Å². The van der Waals surface area contributed by atoms with Crippen molar-refractivity contribution < 1.29 is 0 Å². The monoisotopic (exact) mass is 261 g/mol. The molecule has 1 saturated carbocycles. The summed E-state index contributed by atoms with van der Waals surface area (Å²) in [5.41, 5.74) is 0. The summed E-state index contributed by atoms with van der Waals surface area (Å²) in [5, 5.41) is 6.68. The molecule has 1 aliphatic heterocycles. The molecule has 2 heterocycles. The molecular formula is C14H23N5. The maximum atomic E-state index is 4.39. The summed E-state index contributed by atoms with van der Waals surface area (Å²) >= 11 is 0. The smallest absolute Gasteiger partial charge is 0.133 e. The third kappa shape index (κ3) is 3.15. The van der Waals surface area contributed by atoms with E-state index in [4.69, 9.17) is 0 Å². The van der Waals surface area contributed by atoms with E-state index in [1.165, 1.54) is 25.7 Å². The number of rotatable bonds is 5. The van der Waals surface area contributed by atoms with E-state index in [2.05, 4.69) is 38.6 Å². The molecular weight excluding hydrogens is 238 g/mol. The minimum Gasteiger partial charge on any atom is -0.365 e. The van der Waals surface area contributed by atoms with Gasteiger partial charge in [0.2, 0.25) is 0 Å². The second-order valence-corrected chi connectivity index (χ2v) is 5.79. The minimum absolute atomic E-state index is 0.517. The van der Waals surface area contributed by atoms with Crippen LogP contribution in [0.25, 0.3) is 0 Å². The molecule has 1 saturated heterocycles. The van der Waals surface area contributed by atoms with Crippen molar-refractivity contribution in [2.45, 2.75) is 31.7 Å². The Balaban J connectivity index is 1.60. The first kappa shape index (κ1) is 12.7. The number of aromatic nitrogens is 2. The maximum Gasteiger partial charge on any atom is 0.133 e. The van der Waals surface area contributed by atoms with Gasteiger partial charge in [-0.3, -0.25) is 0 Å². The Morgan fingerprint density at radius 3 is 2.79 bits per heavy atom. The number of nitrogens with one attached hydrogen (secondary N) is 2. The molecule has 2 fully saturated rings. The molecule has 0 bridgehead atoms. The van der Waals surface area contributed by atoms with E-state index >= 15 is 0 Å². The standard InChI is InChI=1S/C14H23N5/c1-19(9-11-4-2-3-5-11)14-6-13(16-10-17-14)18-12-7-15-8-12/h6,10-12,15H,2-5,7-9H2,1H3,(H,16,17,18). The Hall–Kier alpha value is -1.36. The second-order valence-electron chi connectivity index (χ2n) is 5.79. The second kappa shape index (κ2) is 5.74. The van der Waals surface area contributed by atoms with Crippen LogP contribution >= 0.6 is 0 Å². The molecule has 0 radical (unpaired) electrons. The molecule has 5 heteroatoms. The summed E-state index contributed by atoms with van der Waals surface area (Å²) in [4.78, 5) is 11.0. The zero-order chi connectivity index (χ0) is 13.1. The molecule has 1 aliphatic carbocycles. The van der Waals surface area contributed by atoms with Crippen molar-refractivity contribution in [1.82, 2.24) is 15.3 Å². The van der Waals surface area contributed by atoms with Crippen molar-refractivity contribution in [3.8, 4) is 0 Å². The highest BCUT2D eigenvalue weighted by Gasteiger charge is 2.19. The molecule has 0 unspecified atom stereocenters. The number of nitrogens with zero attached hydrogens (tertiary/aromatic N) is 3. The quantitative estimate of drug-likeness (QED) is 0.841. The fourth-order valence-corrected chi connectivity index (χ4v) is 2.91. The van der Waals surface area contributed by atoms with Crippen LogP contribution in [-0.4, -0.2) is 42.7 Å². The van der Waals surface area contributed by atoms with Gasteiger partial charge in [0.15, 0.2) is 0 Å². The first-order valence-corrected chi connectivity index (χ1v) is 7.32. The van der Waals surface area contributed by atoms with E-state index in [0.717, 1.165) is 37.2 Å².